The molecule has 0 saturated carbocycles. The molecule has 2 atom stereocenters. The predicted molar refractivity (Wildman–Crippen MR) is 137 cm³/mol. The molecule has 0 fully saturated rings. The van der Waals surface area contributed by atoms with Crippen molar-refractivity contribution < 1.29 is 9.59 Å². The van der Waals surface area contributed by atoms with Gasteiger partial charge in [-0.25, -0.2) is 0 Å². The van der Waals surface area contributed by atoms with Gasteiger partial charge in [-0.15, -0.1) is 0 Å². The maximum absolute atomic E-state index is 13.4. The fourth-order valence-corrected chi connectivity index (χ4v) is 4.31. The van der Waals surface area contributed by atoms with Gasteiger partial charge in [0.05, 0.1) is 0 Å². The monoisotopic (exact) mass is 484 g/mol. The number of fused-ring (bicyclic) bond motifs is 1. The van der Waals surface area contributed by atoms with Crippen LogP contribution in [-0.4, -0.2) is 28.8 Å². The number of hydrogen-bond donors (Lipinski definition) is 1. The fraction of sp³-hybridized carbons (Fsp3) is 0.333. The number of carbonyl (C=O) groups is 2. The third-order valence-corrected chi connectivity index (χ3v) is 6.75. The van der Waals surface area contributed by atoms with Crippen LogP contribution in [0.15, 0.2) is 60.7 Å². The summed E-state index contributed by atoms with van der Waals surface area (Å²) in [5, 5.41) is 6.21. The molecule has 33 heavy (non-hydrogen) atoms. The minimum atomic E-state index is -0.661. The van der Waals surface area contributed by atoms with Crippen molar-refractivity contribution in [2.45, 2.75) is 58.7 Å². The Labute approximate surface area is 205 Å². The molecule has 4 nitrogen and oxygen atoms in total. The average Bonchev–Trinajstić information content (AvgIpc) is 2.81. The van der Waals surface area contributed by atoms with E-state index < -0.39 is 6.04 Å². The molecular formula is C27H30Cl2N2O2. The third-order valence-electron chi connectivity index (χ3n) is 6.05. The van der Waals surface area contributed by atoms with E-state index in [-0.39, 0.29) is 30.8 Å². The zero-order valence-corrected chi connectivity index (χ0v) is 20.8. The van der Waals surface area contributed by atoms with Gasteiger partial charge in [0.1, 0.15) is 6.04 Å². The number of amides is 2. The van der Waals surface area contributed by atoms with E-state index in [1.807, 2.05) is 38.1 Å². The quantitative estimate of drug-likeness (QED) is 0.381. The number of nitrogens with zero attached hydrogens (tertiary/aromatic N) is 1. The lowest BCUT2D eigenvalue weighted by Gasteiger charge is -2.30. The number of nitrogens with one attached hydrogen (secondary N) is 1. The molecule has 0 aliphatic carbocycles. The van der Waals surface area contributed by atoms with Crippen LogP contribution in [0.25, 0.3) is 10.8 Å². The second kappa shape index (κ2) is 11.5. The summed E-state index contributed by atoms with van der Waals surface area (Å²) in [4.78, 5) is 27.9. The molecular weight excluding hydrogens is 455 g/mol. The number of benzene rings is 3. The summed E-state index contributed by atoms with van der Waals surface area (Å²) in [5.41, 5.74) is 1.75. The van der Waals surface area contributed by atoms with Crippen molar-refractivity contribution in [3.05, 3.63) is 81.8 Å². The van der Waals surface area contributed by atoms with Crippen molar-refractivity contribution in [1.29, 1.82) is 0 Å². The highest BCUT2D eigenvalue weighted by Gasteiger charge is 2.28. The van der Waals surface area contributed by atoms with Crippen LogP contribution in [0, 0.1) is 0 Å². The lowest BCUT2D eigenvalue weighted by atomic mass is 10.0. The Morgan fingerprint density at radius 2 is 1.58 bits per heavy atom. The average molecular weight is 485 g/mol. The summed E-state index contributed by atoms with van der Waals surface area (Å²) in [6.45, 7) is 5.87. The largest absolute Gasteiger partial charge is 0.352 e. The molecule has 0 radical (unpaired) electrons. The smallest absolute Gasteiger partial charge is 0.242 e. The molecule has 0 heterocycles. The number of hydrogen-bond acceptors (Lipinski definition) is 2. The number of halogens is 2. The van der Waals surface area contributed by atoms with Gasteiger partial charge in [0.25, 0.3) is 0 Å². The van der Waals surface area contributed by atoms with Gasteiger partial charge in [-0.05, 0) is 55.2 Å². The van der Waals surface area contributed by atoms with E-state index in [1.165, 1.54) is 0 Å². The molecule has 0 bridgehead atoms. The summed E-state index contributed by atoms with van der Waals surface area (Å²) in [6.07, 6.45) is 1.66. The Balaban J connectivity index is 1.84. The molecule has 0 aliphatic rings. The maximum atomic E-state index is 13.4. The normalized spacial score (nSPS) is 12.9. The Bertz CT molecular complexity index is 1110. The van der Waals surface area contributed by atoms with Gasteiger partial charge in [-0.1, -0.05) is 78.7 Å². The zero-order chi connectivity index (χ0) is 24.0. The van der Waals surface area contributed by atoms with Gasteiger partial charge in [0.15, 0.2) is 0 Å². The van der Waals surface area contributed by atoms with Crippen molar-refractivity contribution in [3.8, 4) is 0 Å². The molecule has 3 aromatic rings. The van der Waals surface area contributed by atoms with E-state index in [0.717, 1.165) is 22.8 Å². The van der Waals surface area contributed by atoms with Crippen LogP contribution >= 0.6 is 23.2 Å². The Hall–Kier alpha value is -2.56. The highest BCUT2D eigenvalue weighted by molar-refractivity contribution is 6.36. The van der Waals surface area contributed by atoms with Crippen molar-refractivity contribution in [2.24, 2.45) is 0 Å². The molecule has 0 saturated heterocycles. The second-order valence-corrected chi connectivity index (χ2v) is 9.17. The summed E-state index contributed by atoms with van der Waals surface area (Å²) < 4.78 is 0. The maximum Gasteiger partial charge on any atom is 0.242 e. The van der Waals surface area contributed by atoms with Crippen molar-refractivity contribution in [3.63, 3.8) is 0 Å². The fourth-order valence-electron chi connectivity index (χ4n) is 3.80. The first-order valence-corrected chi connectivity index (χ1v) is 12.1. The van der Waals surface area contributed by atoms with Crippen LogP contribution in [0.1, 0.15) is 44.7 Å². The molecule has 0 aliphatic heterocycles. The molecule has 3 aromatic carbocycles. The van der Waals surface area contributed by atoms with Gasteiger partial charge in [-0.2, -0.15) is 0 Å². The molecule has 2 amide bonds. The van der Waals surface area contributed by atoms with E-state index in [4.69, 9.17) is 23.2 Å². The highest BCUT2D eigenvalue weighted by atomic mass is 35.5. The van der Waals surface area contributed by atoms with Gasteiger partial charge < -0.3 is 10.2 Å². The SMILES string of the molecule is CC[C@@H](C)NC(=O)[C@@H](C)N(Cc1c(Cl)cccc1Cl)C(=O)CCc1cccc2ccccc12. The Kier molecular flexibility index (Phi) is 8.76. The van der Waals surface area contributed by atoms with Gasteiger partial charge in [-0.3, -0.25) is 9.59 Å². The minimum Gasteiger partial charge on any atom is -0.352 e. The highest BCUT2D eigenvalue weighted by Crippen LogP contribution is 2.27. The van der Waals surface area contributed by atoms with Crippen molar-refractivity contribution in [2.75, 3.05) is 0 Å². The van der Waals surface area contributed by atoms with Crippen LogP contribution in [0.5, 0.6) is 0 Å². The third kappa shape index (κ3) is 6.27. The summed E-state index contributed by atoms with van der Waals surface area (Å²) >= 11 is 12.8. The van der Waals surface area contributed by atoms with Crippen LogP contribution < -0.4 is 5.32 Å². The van der Waals surface area contributed by atoms with Crippen molar-refractivity contribution >= 4 is 45.8 Å². The topological polar surface area (TPSA) is 49.4 Å². The van der Waals surface area contributed by atoms with E-state index in [1.54, 1.807) is 30.0 Å². The van der Waals surface area contributed by atoms with Crippen LogP contribution in [-0.2, 0) is 22.6 Å². The number of aryl methyl sites for hydroxylation is 1. The van der Waals surface area contributed by atoms with E-state index in [2.05, 4.69) is 23.5 Å². The van der Waals surface area contributed by atoms with Gasteiger partial charge >= 0.3 is 0 Å². The lowest BCUT2D eigenvalue weighted by molar-refractivity contribution is -0.140. The van der Waals surface area contributed by atoms with Crippen LogP contribution in [0.3, 0.4) is 0 Å². The van der Waals surface area contributed by atoms with Crippen molar-refractivity contribution in [1.82, 2.24) is 10.2 Å². The lowest BCUT2D eigenvalue weighted by Crippen LogP contribution is -2.49. The zero-order valence-electron chi connectivity index (χ0n) is 19.3. The van der Waals surface area contributed by atoms with Gasteiger partial charge in [0.2, 0.25) is 11.8 Å². The summed E-state index contributed by atoms with van der Waals surface area (Å²) in [7, 11) is 0. The molecule has 6 heteroatoms. The first-order chi connectivity index (χ1) is 15.8. The van der Waals surface area contributed by atoms with Crippen LogP contribution in [0.2, 0.25) is 10.0 Å². The van der Waals surface area contributed by atoms with Gasteiger partial charge in [0, 0.05) is 34.6 Å². The first kappa shape index (κ1) is 25.1. The molecule has 1 N–H and O–H groups in total. The Morgan fingerprint density at radius 1 is 0.939 bits per heavy atom. The molecule has 0 unspecified atom stereocenters. The summed E-state index contributed by atoms with van der Waals surface area (Å²) in [6, 6.07) is 18.9. The number of rotatable bonds is 9. The second-order valence-electron chi connectivity index (χ2n) is 8.35. The van der Waals surface area contributed by atoms with Crippen LogP contribution in [0.4, 0.5) is 0 Å². The Morgan fingerprint density at radius 3 is 2.27 bits per heavy atom. The van der Waals surface area contributed by atoms with E-state index in [0.29, 0.717) is 22.0 Å². The molecule has 0 spiro atoms. The standard InChI is InChI=1S/C27H30Cl2N2O2/c1-4-18(2)30-27(33)19(3)31(17-23-24(28)13-8-14-25(23)29)26(32)16-15-21-11-7-10-20-9-5-6-12-22(20)21/h5-14,18-19H,4,15-17H2,1-3H3,(H,30,33)/t18-,19-/m1/s1. The molecule has 3 rings (SSSR count). The summed E-state index contributed by atoms with van der Waals surface area (Å²) in [5.74, 6) is -0.309. The minimum absolute atomic E-state index is 0.0245. The van der Waals surface area contributed by atoms with E-state index >= 15 is 0 Å². The predicted octanol–water partition coefficient (Wildman–Crippen LogP) is 6.41. The molecule has 174 valence electrons. The molecule has 0 aromatic heterocycles. The number of carbonyl (C=O) groups excluding carboxylic acids is 2. The van der Waals surface area contributed by atoms with E-state index in [9.17, 15) is 9.59 Å². The first-order valence-electron chi connectivity index (χ1n) is 11.3.